The summed E-state index contributed by atoms with van der Waals surface area (Å²) in [5, 5.41) is 0. The van der Waals surface area contributed by atoms with Gasteiger partial charge in [-0.15, -0.1) is 0 Å². The first-order valence-electron chi connectivity index (χ1n) is 11.0. The molecule has 1 saturated carbocycles. The highest BCUT2D eigenvalue weighted by Gasteiger charge is 2.47. The Labute approximate surface area is 184 Å². The average molecular weight is 439 g/mol. The lowest BCUT2D eigenvalue weighted by Crippen LogP contribution is -2.42. The van der Waals surface area contributed by atoms with Gasteiger partial charge in [-0.3, -0.25) is 9.59 Å². The SMILES string of the molecule is CN1Cc2cc(N3CC4CC4c4cc(C(=O)N5CCC(F)(F)CC5)cnc43)cnc2C1=O. The maximum absolute atomic E-state index is 13.5. The molecule has 32 heavy (non-hydrogen) atoms. The third kappa shape index (κ3) is 3.05. The molecule has 2 atom stereocenters. The smallest absolute Gasteiger partial charge is 0.272 e. The van der Waals surface area contributed by atoms with Crippen molar-refractivity contribution in [2.45, 2.75) is 37.6 Å². The van der Waals surface area contributed by atoms with Crippen LogP contribution in [-0.2, 0) is 6.54 Å². The molecule has 5 heterocycles. The highest BCUT2D eigenvalue weighted by Crippen LogP contribution is 2.55. The zero-order chi connectivity index (χ0) is 22.2. The number of alkyl halides is 2. The Bertz CT molecular complexity index is 1140. The lowest BCUT2D eigenvalue weighted by atomic mass is 10.0. The fourth-order valence-electron chi connectivity index (χ4n) is 5.15. The molecule has 0 N–H and O–H groups in total. The lowest BCUT2D eigenvalue weighted by Gasteiger charge is -2.33. The van der Waals surface area contributed by atoms with Crippen LogP contribution in [0.5, 0.6) is 0 Å². The molecule has 6 rings (SSSR count). The Morgan fingerprint density at radius 1 is 1.16 bits per heavy atom. The molecule has 1 aliphatic carbocycles. The molecule has 2 fully saturated rings. The number of halogens is 2. The van der Waals surface area contributed by atoms with E-state index in [1.807, 2.05) is 12.1 Å². The van der Waals surface area contributed by atoms with Crippen molar-refractivity contribution in [3.8, 4) is 0 Å². The van der Waals surface area contributed by atoms with Gasteiger partial charge in [-0.25, -0.2) is 18.7 Å². The average Bonchev–Trinajstić information content (AvgIpc) is 3.51. The minimum Gasteiger partial charge on any atom is -0.338 e. The highest BCUT2D eigenvalue weighted by molar-refractivity contribution is 5.97. The van der Waals surface area contributed by atoms with E-state index in [4.69, 9.17) is 0 Å². The highest BCUT2D eigenvalue weighted by atomic mass is 19.3. The molecule has 0 spiro atoms. The third-order valence-electron chi connectivity index (χ3n) is 7.14. The van der Waals surface area contributed by atoms with E-state index in [0.717, 1.165) is 35.6 Å². The standard InChI is InChI=1S/C23H23F2N5O2/c1-28-11-15-6-16(10-26-19(15)22(28)32)30-12-14-8-17(14)18-7-13(9-27-20(18)30)21(31)29-4-2-23(24,25)3-5-29/h6-7,9-10,14,17H,2-5,8,11-12H2,1H3. The van der Waals surface area contributed by atoms with E-state index >= 15 is 0 Å². The van der Waals surface area contributed by atoms with Crippen LogP contribution < -0.4 is 4.90 Å². The van der Waals surface area contributed by atoms with Crippen molar-refractivity contribution in [3.63, 3.8) is 0 Å². The maximum atomic E-state index is 13.5. The number of fused-ring (bicyclic) bond motifs is 4. The van der Waals surface area contributed by atoms with Gasteiger partial charge in [0, 0.05) is 57.8 Å². The van der Waals surface area contributed by atoms with Crippen molar-refractivity contribution in [1.29, 1.82) is 0 Å². The van der Waals surface area contributed by atoms with Crippen LogP contribution in [0.4, 0.5) is 20.3 Å². The first-order chi connectivity index (χ1) is 15.3. The molecule has 2 aromatic heterocycles. The Kier molecular flexibility index (Phi) is 4.10. The van der Waals surface area contributed by atoms with Crippen LogP contribution >= 0.6 is 0 Å². The molecule has 2 amide bonds. The number of nitrogens with zero attached hydrogens (tertiary/aromatic N) is 5. The number of piperidine rings is 1. The van der Waals surface area contributed by atoms with Crippen LogP contribution in [0.25, 0.3) is 0 Å². The Balaban J connectivity index is 1.30. The van der Waals surface area contributed by atoms with Gasteiger partial charge in [0.05, 0.1) is 17.4 Å². The number of likely N-dealkylation sites (tertiary alicyclic amines) is 1. The van der Waals surface area contributed by atoms with E-state index in [1.54, 1.807) is 24.3 Å². The first-order valence-corrected chi connectivity index (χ1v) is 11.0. The molecule has 9 heteroatoms. The number of pyridine rings is 2. The van der Waals surface area contributed by atoms with Gasteiger partial charge in [0.25, 0.3) is 17.7 Å². The lowest BCUT2D eigenvalue weighted by molar-refractivity contribution is -0.0494. The molecule has 1 saturated heterocycles. The van der Waals surface area contributed by atoms with E-state index in [0.29, 0.717) is 29.6 Å². The maximum Gasteiger partial charge on any atom is 0.272 e. The molecule has 166 valence electrons. The van der Waals surface area contributed by atoms with Crippen LogP contribution in [0.2, 0.25) is 0 Å². The fraction of sp³-hybridized carbons (Fsp3) is 0.478. The van der Waals surface area contributed by atoms with E-state index in [1.165, 1.54) is 4.90 Å². The number of aromatic nitrogens is 2. The third-order valence-corrected chi connectivity index (χ3v) is 7.14. The summed E-state index contributed by atoms with van der Waals surface area (Å²) in [6.07, 6.45) is 3.73. The Morgan fingerprint density at radius 2 is 1.94 bits per heavy atom. The van der Waals surface area contributed by atoms with Crippen LogP contribution in [0.1, 0.15) is 57.2 Å². The molecule has 0 aromatic carbocycles. The Hall–Kier alpha value is -3.10. The van der Waals surface area contributed by atoms with Gasteiger partial charge in [0.15, 0.2) is 0 Å². The number of anilines is 2. The van der Waals surface area contributed by atoms with Gasteiger partial charge in [-0.2, -0.15) is 0 Å². The molecule has 0 radical (unpaired) electrons. The molecule has 3 aliphatic heterocycles. The summed E-state index contributed by atoms with van der Waals surface area (Å²) in [5.41, 5.74) is 3.79. The van der Waals surface area contributed by atoms with E-state index in [9.17, 15) is 18.4 Å². The fourth-order valence-corrected chi connectivity index (χ4v) is 5.15. The minimum atomic E-state index is -2.68. The second kappa shape index (κ2) is 6.70. The summed E-state index contributed by atoms with van der Waals surface area (Å²) < 4.78 is 26.9. The van der Waals surface area contributed by atoms with Gasteiger partial charge in [-0.05, 0) is 36.0 Å². The molecular weight excluding hydrogens is 416 g/mol. The van der Waals surface area contributed by atoms with Crippen molar-refractivity contribution >= 4 is 23.3 Å². The Morgan fingerprint density at radius 3 is 2.72 bits per heavy atom. The predicted octanol–water partition coefficient (Wildman–Crippen LogP) is 3.19. The summed E-state index contributed by atoms with van der Waals surface area (Å²) in [6.45, 7) is 1.49. The molecule has 4 aliphatic rings. The number of amides is 2. The van der Waals surface area contributed by atoms with Crippen LogP contribution in [0, 0.1) is 5.92 Å². The second-order valence-electron chi connectivity index (χ2n) is 9.36. The predicted molar refractivity (Wildman–Crippen MR) is 112 cm³/mol. The van der Waals surface area contributed by atoms with Gasteiger partial charge in [-0.1, -0.05) is 0 Å². The molecule has 7 nitrogen and oxygen atoms in total. The number of rotatable bonds is 2. The van der Waals surface area contributed by atoms with Gasteiger partial charge in [0.2, 0.25) is 0 Å². The van der Waals surface area contributed by atoms with E-state index in [-0.39, 0.29) is 37.7 Å². The number of carbonyl (C=O) groups is 2. The van der Waals surface area contributed by atoms with E-state index in [2.05, 4.69) is 14.9 Å². The van der Waals surface area contributed by atoms with Crippen LogP contribution in [0.3, 0.4) is 0 Å². The van der Waals surface area contributed by atoms with Crippen molar-refractivity contribution in [1.82, 2.24) is 19.8 Å². The topological polar surface area (TPSA) is 69.6 Å². The largest absolute Gasteiger partial charge is 0.338 e. The van der Waals surface area contributed by atoms with Crippen molar-refractivity contribution < 1.29 is 18.4 Å². The minimum absolute atomic E-state index is 0.0645. The van der Waals surface area contributed by atoms with E-state index < -0.39 is 5.92 Å². The molecular formula is C23H23F2N5O2. The summed E-state index contributed by atoms with van der Waals surface area (Å²) in [6, 6.07) is 3.90. The number of hydrogen-bond acceptors (Lipinski definition) is 5. The zero-order valence-corrected chi connectivity index (χ0v) is 17.7. The van der Waals surface area contributed by atoms with Crippen molar-refractivity contribution in [3.05, 3.63) is 46.9 Å². The molecule has 0 bridgehead atoms. The van der Waals surface area contributed by atoms with Gasteiger partial charge in [0.1, 0.15) is 11.5 Å². The monoisotopic (exact) mass is 439 g/mol. The summed E-state index contributed by atoms with van der Waals surface area (Å²) in [5.74, 6) is -1.31. The number of carbonyl (C=O) groups excluding carboxylic acids is 2. The molecule has 2 aromatic rings. The number of hydrogen-bond donors (Lipinski definition) is 0. The molecule has 2 unspecified atom stereocenters. The summed E-state index contributed by atoms with van der Waals surface area (Å²) in [4.78, 5) is 39.4. The zero-order valence-electron chi connectivity index (χ0n) is 17.7. The van der Waals surface area contributed by atoms with Gasteiger partial charge >= 0.3 is 0 Å². The summed E-state index contributed by atoms with van der Waals surface area (Å²) >= 11 is 0. The van der Waals surface area contributed by atoms with Crippen molar-refractivity contribution in [2.24, 2.45) is 5.92 Å². The first kappa shape index (κ1) is 19.6. The van der Waals surface area contributed by atoms with Crippen molar-refractivity contribution in [2.75, 3.05) is 31.6 Å². The second-order valence-corrected chi connectivity index (χ2v) is 9.36. The van der Waals surface area contributed by atoms with Gasteiger partial charge < -0.3 is 14.7 Å². The quantitative estimate of drug-likeness (QED) is 0.719. The normalized spacial score (nSPS) is 25.3. The summed E-state index contributed by atoms with van der Waals surface area (Å²) in [7, 11) is 1.76. The van der Waals surface area contributed by atoms with Crippen LogP contribution in [0.15, 0.2) is 24.5 Å². The van der Waals surface area contributed by atoms with Crippen LogP contribution in [-0.4, -0.2) is 64.2 Å².